The van der Waals surface area contributed by atoms with Crippen molar-refractivity contribution >= 4 is 0 Å². The molecule has 0 fully saturated rings. The molecular formula is C13H25N3O2. The van der Waals surface area contributed by atoms with Crippen molar-refractivity contribution in [2.45, 2.75) is 57.9 Å². The average molecular weight is 255 g/mol. The number of aromatic nitrogens is 2. The Morgan fingerprint density at radius 1 is 1.28 bits per heavy atom. The van der Waals surface area contributed by atoms with Crippen LogP contribution in [0.5, 0.6) is 0 Å². The van der Waals surface area contributed by atoms with Gasteiger partial charge in [0.2, 0.25) is 5.89 Å². The van der Waals surface area contributed by atoms with Crippen LogP contribution in [0.4, 0.5) is 0 Å². The summed E-state index contributed by atoms with van der Waals surface area (Å²) in [6, 6.07) is 0.268. The van der Waals surface area contributed by atoms with Crippen molar-refractivity contribution in [3.05, 3.63) is 11.7 Å². The maximum atomic E-state index is 5.73. The van der Waals surface area contributed by atoms with Gasteiger partial charge < -0.3 is 15.0 Å². The molecule has 0 radical (unpaired) electrons. The quantitative estimate of drug-likeness (QED) is 0.685. The lowest BCUT2D eigenvalue weighted by Crippen LogP contribution is -2.14. The third-order valence-electron chi connectivity index (χ3n) is 2.95. The molecule has 0 saturated carbocycles. The van der Waals surface area contributed by atoms with Crippen LogP contribution in [0.2, 0.25) is 0 Å². The number of rotatable bonds is 9. The van der Waals surface area contributed by atoms with Crippen molar-refractivity contribution in [2.75, 3.05) is 13.7 Å². The maximum absolute atomic E-state index is 5.73. The summed E-state index contributed by atoms with van der Waals surface area (Å²) in [5.74, 6) is 1.83. The third-order valence-corrected chi connectivity index (χ3v) is 2.95. The van der Waals surface area contributed by atoms with Gasteiger partial charge in [-0.05, 0) is 26.2 Å². The molecule has 0 aliphatic rings. The average Bonchev–Trinajstić information content (AvgIpc) is 2.77. The van der Waals surface area contributed by atoms with E-state index in [1.807, 2.05) is 6.92 Å². The molecule has 5 heteroatoms. The first-order chi connectivity index (χ1) is 8.63. The largest absolute Gasteiger partial charge is 0.385 e. The fourth-order valence-corrected chi connectivity index (χ4v) is 1.81. The first-order valence-corrected chi connectivity index (χ1v) is 6.70. The molecular weight excluding hydrogens is 230 g/mol. The minimum absolute atomic E-state index is 0.268. The molecule has 18 heavy (non-hydrogen) atoms. The van der Waals surface area contributed by atoms with Crippen LogP contribution in [-0.2, 0) is 11.2 Å². The highest BCUT2D eigenvalue weighted by Crippen LogP contribution is 2.20. The molecule has 5 nitrogen and oxygen atoms in total. The van der Waals surface area contributed by atoms with Gasteiger partial charge in [0.25, 0.3) is 0 Å². The van der Waals surface area contributed by atoms with E-state index >= 15 is 0 Å². The summed E-state index contributed by atoms with van der Waals surface area (Å²) in [7, 11) is 1.70. The molecule has 0 amide bonds. The Hall–Kier alpha value is -0.940. The second kappa shape index (κ2) is 8.21. The number of nitrogens with two attached hydrogens (primary N) is 1. The fourth-order valence-electron chi connectivity index (χ4n) is 1.81. The molecule has 1 heterocycles. The van der Waals surface area contributed by atoms with Gasteiger partial charge in [-0.1, -0.05) is 18.5 Å². The van der Waals surface area contributed by atoms with Crippen molar-refractivity contribution in [3.63, 3.8) is 0 Å². The van der Waals surface area contributed by atoms with Crippen LogP contribution >= 0.6 is 0 Å². The van der Waals surface area contributed by atoms with Crippen LogP contribution in [0.1, 0.15) is 57.2 Å². The predicted molar refractivity (Wildman–Crippen MR) is 70.4 cm³/mol. The number of ether oxygens (including phenoxy) is 1. The van der Waals surface area contributed by atoms with Crippen LogP contribution in [0.15, 0.2) is 4.52 Å². The lowest BCUT2D eigenvalue weighted by atomic mass is 10.0. The van der Waals surface area contributed by atoms with Crippen LogP contribution in [0, 0.1) is 0 Å². The van der Waals surface area contributed by atoms with E-state index in [0.29, 0.717) is 5.92 Å². The lowest BCUT2D eigenvalue weighted by Gasteiger charge is -2.07. The second-order valence-electron chi connectivity index (χ2n) is 4.95. The molecule has 1 aromatic rings. The van der Waals surface area contributed by atoms with Gasteiger partial charge in [0.05, 0.1) is 0 Å². The van der Waals surface area contributed by atoms with Crippen molar-refractivity contribution < 1.29 is 9.26 Å². The van der Waals surface area contributed by atoms with E-state index < -0.39 is 0 Å². The maximum Gasteiger partial charge on any atom is 0.229 e. The zero-order valence-electron chi connectivity index (χ0n) is 11.7. The van der Waals surface area contributed by atoms with Gasteiger partial charge in [-0.2, -0.15) is 4.98 Å². The van der Waals surface area contributed by atoms with E-state index in [-0.39, 0.29) is 6.04 Å². The summed E-state index contributed by atoms with van der Waals surface area (Å²) >= 11 is 0. The number of hydrogen-bond donors (Lipinski definition) is 1. The molecule has 1 rings (SSSR count). The first-order valence-electron chi connectivity index (χ1n) is 6.70. The number of hydrogen-bond acceptors (Lipinski definition) is 5. The summed E-state index contributed by atoms with van der Waals surface area (Å²) in [6.07, 6.45) is 4.92. The lowest BCUT2D eigenvalue weighted by molar-refractivity contribution is 0.194. The van der Waals surface area contributed by atoms with E-state index in [0.717, 1.165) is 50.4 Å². The first kappa shape index (κ1) is 15.1. The highest BCUT2D eigenvalue weighted by atomic mass is 16.5. The van der Waals surface area contributed by atoms with Gasteiger partial charge in [-0.15, -0.1) is 0 Å². The van der Waals surface area contributed by atoms with E-state index in [1.165, 1.54) is 0 Å². The molecule has 104 valence electrons. The standard InChI is InChI=1S/C13H25N3O2/c1-10(6-4-7-11(2)14)13-15-12(16-18-13)8-5-9-17-3/h10-11H,4-9,14H2,1-3H3. The smallest absolute Gasteiger partial charge is 0.229 e. The van der Waals surface area contributed by atoms with Crippen molar-refractivity contribution in [3.8, 4) is 0 Å². The molecule has 0 bridgehead atoms. The zero-order valence-corrected chi connectivity index (χ0v) is 11.7. The highest BCUT2D eigenvalue weighted by Gasteiger charge is 2.14. The van der Waals surface area contributed by atoms with Crippen LogP contribution in [0.3, 0.4) is 0 Å². The minimum atomic E-state index is 0.268. The fraction of sp³-hybridized carbons (Fsp3) is 0.846. The molecule has 0 spiro atoms. The Morgan fingerprint density at radius 3 is 2.72 bits per heavy atom. The van der Waals surface area contributed by atoms with Gasteiger partial charge in [0.1, 0.15) is 0 Å². The Bertz CT molecular complexity index is 326. The Labute approximate surface area is 109 Å². The predicted octanol–water partition coefficient (Wildman–Crippen LogP) is 2.27. The molecule has 0 aliphatic carbocycles. The van der Waals surface area contributed by atoms with Crippen LogP contribution < -0.4 is 5.73 Å². The SMILES string of the molecule is COCCCc1noc(C(C)CCCC(C)N)n1. The number of methoxy groups -OCH3 is 1. The molecule has 2 unspecified atom stereocenters. The number of nitrogens with zero attached hydrogens (tertiary/aromatic N) is 2. The molecule has 1 aromatic heterocycles. The van der Waals surface area contributed by atoms with E-state index in [2.05, 4.69) is 17.1 Å². The normalized spacial score (nSPS) is 14.7. The third kappa shape index (κ3) is 5.60. The Kier molecular flexibility index (Phi) is 6.90. The summed E-state index contributed by atoms with van der Waals surface area (Å²) in [4.78, 5) is 4.42. The Morgan fingerprint density at radius 2 is 2.06 bits per heavy atom. The van der Waals surface area contributed by atoms with E-state index in [4.69, 9.17) is 15.0 Å². The van der Waals surface area contributed by atoms with Gasteiger partial charge in [0, 0.05) is 32.1 Å². The molecule has 2 atom stereocenters. The van der Waals surface area contributed by atoms with Crippen molar-refractivity contribution in [1.29, 1.82) is 0 Å². The van der Waals surface area contributed by atoms with E-state index in [1.54, 1.807) is 7.11 Å². The molecule has 0 saturated heterocycles. The minimum Gasteiger partial charge on any atom is -0.385 e. The van der Waals surface area contributed by atoms with Gasteiger partial charge >= 0.3 is 0 Å². The summed E-state index contributed by atoms with van der Waals surface area (Å²) < 4.78 is 10.3. The number of aryl methyl sites for hydroxylation is 1. The van der Waals surface area contributed by atoms with Crippen molar-refractivity contribution in [1.82, 2.24) is 10.1 Å². The zero-order chi connectivity index (χ0) is 13.4. The topological polar surface area (TPSA) is 74.2 Å². The van der Waals surface area contributed by atoms with Gasteiger partial charge in [-0.25, -0.2) is 0 Å². The summed E-state index contributed by atoms with van der Waals surface area (Å²) in [6.45, 7) is 4.88. The summed E-state index contributed by atoms with van der Waals surface area (Å²) in [5, 5.41) is 3.99. The summed E-state index contributed by atoms with van der Waals surface area (Å²) in [5.41, 5.74) is 5.73. The molecule has 0 aromatic carbocycles. The highest BCUT2D eigenvalue weighted by molar-refractivity contribution is 4.92. The van der Waals surface area contributed by atoms with E-state index in [9.17, 15) is 0 Å². The Balaban J connectivity index is 2.32. The monoisotopic (exact) mass is 255 g/mol. The van der Waals surface area contributed by atoms with Crippen molar-refractivity contribution in [2.24, 2.45) is 5.73 Å². The molecule has 2 N–H and O–H groups in total. The van der Waals surface area contributed by atoms with Gasteiger partial charge in [-0.3, -0.25) is 0 Å². The van der Waals surface area contributed by atoms with Crippen LogP contribution in [-0.4, -0.2) is 29.9 Å². The second-order valence-corrected chi connectivity index (χ2v) is 4.95. The van der Waals surface area contributed by atoms with Gasteiger partial charge in [0.15, 0.2) is 5.82 Å². The van der Waals surface area contributed by atoms with Crippen LogP contribution in [0.25, 0.3) is 0 Å². The molecule has 0 aliphatic heterocycles.